The fourth-order valence-electron chi connectivity index (χ4n) is 0.871. The van der Waals surface area contributed by atoms with Gasteiger partial charge in [-0.3, -0.25) is 0 Å². The summed E-state index contributed by atoms with van der Waals surface area (Å²) >= 11 is 0. The highest BCUT2D eigenvalue weighted by atomic mass is 32.3. The van der Waals surface area contributed by atoms with Crippen molar-refractivity contribution in [1.82, 2.24) is 0 Å². The van der Waals surface area contributed by atoms with Crippen LogP contribution in [0, 0.1) is 0 Å². The van der Waals surface area contributed by atoms with Gasteiger partial charge in [0.1, 0.15) is 0 Å². The van der Waals surface area contributed by atoms with E-state index in [1.807, 2.05) is 0 Å². The Balaban J connectivity index is 2.46. The summed E-state index contributed by atoms with van der Waals surface area (Å²) in [5.41, 5.74) is 1.44. The Morgan fingerprint density at radius 2 is 1.91 bits per heavy atom. The first-order valence-corrected chi connectivity index (χ1v) is 9.33. The quantitative estimate of drug-likeness (QED) is 0.617. The molecule has 1 aromatic carbocycles. The lowest BCUT2D eigenvalue weighted by atomic mass is 10.2. The average Bonchev–Trinajstić information content (AvgIpc) is 2.58. The molecule has 0 fully saturated rings. The Bertz CT molecular complexity index is 313. The molecule has 2 aromatic rings. The molecule has 0 aliphatic carbocycles. The van der Waals surface area contributed by atoms with Crippen molar-refractivity contribution in [3.63, 3.8) is 0 Å². The van der Waals surface area contributed by atoms with Gasteiger partial charge in [-0.05, 0) is 28.8 Å². The monoisotopic (exact) mass is 214 g/mol. The lowest BCUT2D eigenvalue weighted by Crippen LogP contribution is -1.63. The van der Waals surface area contributed by atoms with Crippen molar-refractivity contribution in [3.05, 3.63) is 30.3 Å². The van der Waals surface area contributed by atoms with E-state index >= 15 is 0 Å². The molecule has 0 bridgehead atoms. The van der Waals surface area contributed by atoms with Crippen molar-refractivity contribution in [2.45, 2.75) is 0 Å². The van der Waals surface area contributed by atoms with E-state index in [0.717, 1.165) is 7.55 Å². The van der Waals surface area contributed by atoms with Crippen LogP contribution in [0.15, 0.2) is 30.3 Å². The molecule has 0 radical (unpaired) electrons. The van der Waals surface area contributed by atoms with E-state index in [4.69, 9.17) is 0 Å². The fourth-order valence-corrected chi connectivity index (χ4v) is 12.4. The molecule has 54 valence electrons. The molecule has 0 aliphatic heterocycles. The first-order chi connectivity index (χ1) is 5.47. The Morgan fingerprint density at radius 3 is 2.55 bits per heavy atom. The van der Waals surface area contributed by atoms with Gasteiger partial charge in [0.05, 0.1) is 0 Å². The molecule has 1 aromatic heterocycles. The largest absolute Gasteiger partial charge is 0.0761 e. The fraction of sp³-hybridized carbons (Fsp3) is 0. The summed E-state index contributed by atoms with van der Waals surface area (Å²) in [5.74, 6) is 0. The normalized spacial score (nSPS) is 12.7. The zero-order chi connectivity index (χ0) is 7.52. The van der Waals surface area contributed by atoms with E-state index < -0.39 is 0 Å². The maximum absolute atomic E-state index is 2.21. The van der Waals surface area contributed by atoms with E-state index in [9.17, 15) is 0 Å². The SMILES string of the molecule is c1ccc(-c2pp[pH]p2)cc1. The molecule has 0 aliphatic rings. The third-order valence-electron chi connectivity index (χ3n) is 1.38. The Morgan fingerprint density at radius 1 is 1.09 bits per heavy atom. The minimum Gasteiger partial charge on any atom is -0.0761 e. The number of hydrogen-bond donors (Lipinski definition) is 0. The molecule has 1 unspecified atom stereocenters. The van der Waals surface area contributed by atoms with Crippen LogP contribution < -0.4 is 0 Å². The van der Waals surface area contributed by atoms with Gasteiger partial charge in [-0.15, -0.1) is 0 Å². The highest BCUT2D eigenvalue weighted by Crippen LogP contribution is 2.51. The molecule has 2 rings (SSSR count). The molecular weight excluding hydrogens is 208 g/mol. The summed E-state index contributed by atoms with van der Waals surface area (Å²) < 4.78 is 0. The topological polar surface area (TPSA) is 0 Å². The molecule has 1 heterocycles. The summed E-state index contributed by atoms with van der Waals surface area (Å²) in [4.78, 5) is 0. The molecule has 0 saturated carbocycles. The summed E-state index contributed by atoms with van der Waals surface area (Å²) in [5, 5.41) is 1.60. The van der Waals surface area contributed by atoms with Crippen LogP contribution in [0.3, 0.4) is 0 Å². The van der Waals surface area contributed by atoms with Gasteiger partial charge < -0.3 is 0 Å². The lowest BCUT2D eigenvalue weighted by Gasteiger charge is -1.92. The lowest BCUT2D eigenvalue weighted by molar-refractivity contribution is 1.72. The second kappa shape index (κ2) is 3.80. The van der Waals surface area contributed by atoms with Crippen LogP contribution in [0.4, 0.5) is 0 Å². The molecular formula is C7H6P4. The first kappa shape index (κ1) is 7.91. The smallest absolute Gasteiger partial charge is 0.0451 e. The summed E-state index contributed by atoms with van der Waals surface area (Å²) in [6.45, 7) is 0. The molecule has 1 atom stereocenters. The Labute approximate surface area is 72.1 Å². The van der Waals surface area contributed by atoms with Crippen molar-refractivity contribution in [1.29, 1.82) is 0 Å². The van der Waals surface area contributed by atoms with Gasteiger partial charge in [-0.2, -0.15) is 0 Å². The van der Waals surface area contributed by atoms with Crippen LogP contribution >= 0.6 is 30.8 Å². The molecule has 11 heavy (non-hydrogen) atoms. The standard InChI is InChI=1S/C7H6P4/c1-2-4-6(5-3-1)7-8-10-11-9-7/h1-5,10H. The molecule has 0 N–H and O–H groups in total. The molecule has 0 spiro atoms. The highest BCUT2D eigenvalue weighted by molar-refractivity contribution is 8.34. The van der Waals surface area contributed by atoms with Gasteiger partial charge in [0.15, 0.2) is 0 Å². The van der Waals surface area contributed by atoms with Crippen molar-refractivity contribution in [3.8, 4) is 10.6 Å². The zero-order valence-corrected chi connectivity index (χ0v) is 9.41. The zero-order valence-electron chi connectivity index (χ0n) is 5.73. The highest BCUT2D eigenvalue weighted by Gasteiger charge is 1.95. The van der Waals surface area contributed by atoms with E-state index in [0.29, 0.717) is 0 Å². The predicted octanol–water partition coefficient (Wildman–Crippen LogP) is 5.13. The summed E-state index contributed by atoms with van der Waals surface area (Å²) in [7, 11) is 5.79. The van der Waals surface area contributed by atoms with Gasteiger partial charge in [-0.1, -0.05) is 37.9 Å². The maximum Gasteiger partial charge on any atom is 0.0451 e. The minimum absolute atomic E-state index is 1.11. The number of hydrogen-bond acceptors (Lipinski definition) is 0. The van der Waals surface area contributed by atoms with Gasteiger partial charge in [0, 0.05) is 5.03 Å². The molecule has 0 saturated heterocycles. The summed E-state index contributed by atoms with van der Waals surface area (Å²) in [6, 6.07) is 10.7. The first-order valence-electron chi connectivity index (χ1n) is 3.26. The van der Waals surface area contributed by atoms with E-state index in [1.54, 1.807) is 20.4 Å². The minimum atomic E-state index is 1.11. The second-order valence-corrected chi connectivity index (χ2v) is 10.2. The third kappa shape index (κ3) is 1.90. The number of rotatable bonds is 1. The van der Waals surface area contributed by atoms with Gasteiger partial charge in [0.2, 0.25) is 0 Å². The van der Waals surface area contributed by atoms with Crippen molar-refractivity contribution < 1.29 is 0 Å². The van der Waals surface area contributed by atoms with Crippen molar-refractivity contribution >= 4 is 30.8 Å². The van der Waals surface area contributed by atoms with Gasteiger partial charge in [-0.25, -0.2) is 0 Å². The van der Waals surface area contributed by atoms with Crippen molar-refractivity contribution in [2.75, 3.05) is 0 Å². The van der Waals surface area contributed by atoms with E-state index in [1.165, 1.54) is 13.4 Å². The van der Waals surface area contributed by atoms with E-state index in [2.05, 4.69) is 30.3 Å². The molecule has 4 heteroatoms. The average molecular weight is 214 g/mol. The van der Waals surface area contributed by atoms with Gasteiger partial charge in [0.25, 0.3) is 0 Å². The predicted molar refractivity (Wildman–Crippen MR) is 58.9 cm³/mol. The van der Waals surface area contributed by atoms with E-state index in [-0.39, 0.29) is 0 Å². The Kier molecular flexibility index (Phi) is 2.73. The van der Waals surface area contributed by atoms with Crippen LogP contribution in [0.1, 0.15) is 0 Å². The van der Waals surface area contributed by atoms with Crippen LogP contribution in [-0.4, -0.2) is 0 Å². The van der Waals surface area contributed by atoms with Gasteiger partial charge >= 0.3 is 0 Å². The third-order valence-corrected chi connectivity index (χ3v) is 11.4. The van der Waals surface area contributed by atoms with Crippen LogP contribution in [0.2, 0.25) is 0 Å². The van der Waals surface area contributed by atoms with Crippen molar-refractivity contribution in [2.24, 2.45) is 0 Å². The van der Waals surface area contributed by atoms with Crippen LogP contribution in [0.5, 0.6) is 0 Å². The second-order valence-electron chi connectivity index (χ2n) is 2.10. The summed E-state index contributed by atoms with van der Waals surface area (Å²) in [6.07, 6.45) is 0. The molecule has 0 nitrogen and oxygen atoms in total. The Hall–Kier alpha value is 0.290. The molecule has 0 amide bonds. The van der Waals surface area contributed by atoms with Crippen LogP contribution in [-0.2, 0) is 0 Å². The maximum atomic E-state index is 2.21. The van der Waals surface area contributed by atoms with Crippen LogP contribution in [0.25, 0.3) is 10.6 Å². The number of benzene rings is 1.